The fourth-order valence-corrected chi connectivity index (χ4v) is 3.71. The number of nitrogens with zero attached hydrogens (tertiary/aromatic N) is 1. The monoisotopic (exact) mass is 467 g/mol. The van der Waals surface area contributed by atoms with E-state index in [-0.39, 0.29) is 11.1 Å². The lowest BCUT2D eigenvalue weighted by Crippen LogP contribution is -2.24. The standard InChI is InChI=1S/C25H25NO8/c1-14-21(25(29)34-6)18(11-15-12-19(30-2)22(32-4)20(13-15)31-3)23(27)26(14)17-9-7-16(8-10-17)24(28)33-5/h7-13H,1-6H3. The molecule has 0 fully saturated rings. The average Bonchev–Trinajstić information content (AvgIpc) is 3.11. The summed E-state index contributed by atoms with van der Waals surface area (Å²) in [7, 11) is 6.99. The Balaban J connectivity index is 2.13. The van der Waals surface area contributed by atoms with Gasteiger partial charge in [-0.25, -0.2) is 9.59 Å². The highest BCUT2D eigenvalue weighted by molar-refractivity contribution is 6.23. The molecule has 1 aliphatic rings. The van der Waals surface area contributed by atoms with Gasteiger partial charge in [-0.2, -0.15) is 0 Å². The van der Waals surface area contributed by atoms with Crippen LogP contribution in [0.25, 0.3) is 6.08 Å². The summed E-state index contributed by atoms with van der Waals surface area (Å²) in [6, 6.07) is 9.62. The highest BCUT2D eigenvalue weighted by Crippen LogP contribution is 2.40. The van der Waals surface area contributed by atoms with Crippen LogP contribution in [0.15, 0.2) is 53.2 Å². The van der Waals surface area contributed by atoms with Crippen LogP contribution in [0, 0.1) is 0 Å². The summed E-state index contributed by atoms with van der Waals surface area (Å²) >= 11 is 0. The van der Waals surface area contributed by atoms with Gasteiger partial charge in [0, 0.05) is 11.4 Å². The number of anilines is 1. The lowest BCUT2D eigenvalue weighted by Gasteiger charge is -2.18. The Bertz CT molecular complexity index is 1170. The van der Waals surface area contributed by atoms with Crippen LogP contribution >= 0.6 is 0 Å². The van der Waals surface area contributed by atoms with E-state index < -0.39 is 17.8 Å². The number of amides is 1. The smallest absolute Gasteiger partial charge is 0.340 e. The first-order valence-electron chi connectivity index (χ1n) is 10.1. The van der Waals surface area contributed by atoms with Crippen molar-refractivity contribution in [2.45, 2.75) is 6.92 Å². The van der Waals surface area contributed by atoms with Gasteiger partial charge in [0.15, 0.2) is 11.5 Å². The third-order valence-corrected chi connectivity index (χ3v) is 5.33. The molecule has 9 nitrogen and oxygen atoms in total. The fourth-order valence-electron chi connectivity index (χ4n) is 3.71. The Morgan fingerprint density at radius 1 is 0.824 bits per heavy atom. The minimum absolute atomic E-state index is 0.123. The molecule has 9 heteroatoms. The Kier molecular flexibility index (Phi) is 7.25. The number of hydrogen-bond acceptors (Lipinski definition) is 8. The van der Waals surface area contributed by atoms with Gasteiger partial charge in [0.05, 0.1) is 52.3 Å². The van der Waals surface area contributed by atoms with Crippen molar-refractivity contribution in [2.75, 3.05) is 40.4 Å². The number of allylic oxidation sites excluding steroid dienone is 1. The third kappa shape index (κ3) is 4.32. The molecule has 0 bridgehead atoms. The highest BCUT2D eigenvalue weighted by Gasteiger charge is 2.38. The van der Waals surface area contributed by atoms with Gasteiger partial charge in [0.1, 0.15) is 0 Å². The maximum absolute atomic E-state index is 13.5. The number of methoxy groups -OCH3 is 5. The summed E-state index contributed by atoms with van der Waals surface area (Å²) in [5, 5.41) is 0. The van der Waals surface area contributed by atoms with Crippen molar-refractivity contribution in [3.63, 3.8) is 0 Å². The van der Waals surface area contributed by atoms with E-state index in [4.69, 9.17) is 23.7 Å². The number of carbonyl (C=O) groups is 3. The van der Waals surface area contributed by atoms with E-state index in [1.54, 1.807) is 49.4 Å². The number of ether oxygens (including phenoxy) is 5. The minimum atomic E-state index is -0.654. The summed E-state index contributed by atoms with van der Waals surface area (Å²) < 4.78 is 25.8. The van der Waals surface area contributed by atoms with Crippen LogP contribution in [-0.2, 0) is 19.1 Å². The van der Waals surface area contributed by atoms with Crippen LogP contribution in [-0.4, -0.2) is 53.4 Å². The topological polar surface area (TPSA) is 101 Å². The predicted molar refractivity (Wildman–Crippen MR) is 124 cm³/mol. The van der Waals surface area contributed by atoms with Gasteiger partial charge in [-0.3, -0.25) is 9.69 Å². The Morgan fingerprint density at radius 3 is 1.85 bits per heavy atom. The van der Waals surface area contributed by atoms with Gasteiger partial charge < -0.3 is 23.7 Å². The highest BCUT2D eigenvalue weighted by atomic mass is 16.5. The number of benzene rings is 2. The van der Waals surface area contributed by atoms with E-state index in [1.807, 2.05) is 0 Å². The minimum Gasteiger partial charge on any atom is -0.493 e. The van der Waals surface area contributed by atoms with E-state index >= 15 is 0 Å². The third-order valence-electron chi connectivity index (χ3n) is 5.33. The molecule has 34 heavy (non-hydrogen) atoms. The lowest BCUT2D eigenvalue weighted by molar-refractivity contribution is -0.136. The van der Waals surface area contributed by atoms with Gasteiger partial charge >= 0.3 is 11.9 Å². The molecule has 0 aliphatic carbocycles. The van der Waals surface area contributed by atoms with Crippen LogP contribution in [0.5, 0.6) is 17.2 Å². The average molecular weight is 467 g/mol. The quantitative estimate of drug-likeness (QED) is 0.451. The maximum atomic E-state index is 13.5. The lowest BCUT2D eigenvalue weighted by atomic mass is 10.0. The summed E-state index contributed by atoms with van der Waals surface area (Å²) in [5.74, 6) is -0.387. The molecule has 0 atom stereocenters. The normalized spacial score (nSPS) is 14.4. The van der Waals surface area contributed by atoms with E-state index in [9.17, 15) is 14.4 Å². The molecule has 0 unspecified atom stereocenters. The van der Waals surface area contributed by atoms with Crippen molar-refractivity contribution in [1.29, 1.82) is 0 Å². The maximum Gasteiger partial charge on any atom is 0.340 e. The van der Waals surface area contributed by atoms with Crippen LogP contribution in [0.4, 0.5) is 5.69 Å². The zero-order valence-electron chi connectivity index (χ0n) is 19.8. The molecule has 0 saturated carbocycles. The predicted octanol–water partition coefficient (Wildman–Crippen LogP) is 3.38. The van der Waals surface area contributed by atoms with Gasteiger partial charge in [0.2, 0.25) is 5.75 Å². The number of hydrogen-bond donors (Lipinski definition) is 0. The molecule has 1 aliphatic heterocycles. The largest absolute Gasteiger partial charge is 0.493 e. The summed E-state index contributed by atoms with van der Waals surface area (Å²) in [6.45, 7) is 1.65. The molecule has 0 radical (unpaired) electrons. The number of esters is 2. The molecule has 2 aromatic rings. The van der Waals surface area contributed by atoms with E-state index in [0.29, 0.717) is 39.8 Å². The van der Waals surface area contributed by atoms with Gasteiger partial charge in [-0.05, 0) is 55.0 Å². The van der Waals surface area contributed by atoms with E-state index in [1.165, 1.54) is 40.4 Å². The summed E-state index contributed by atoms with van der Waals surface area (Å²) in [4.78, 5) is 39.3. The first-order valence-corrected chi connectivity index (χ1v) is 10.1. The van der Waals surface area contributed by atoms with Crippen molar-refractivity contribution in [2.24, 2.45) is 0 Å². The molecule has 1 amide bonds. The molecule has 0 saturated heterocycles. The first kappa shape index (κ1) is 24.4. The zero-order chi connectivity index (χ0) is 25.0. The molecule has 1 heterocycles. The first-order chi connectivity index (χ1) is 16.3. The molecule has 0 aromatic heterocycles. The Labute approximate surface area is 197 Å². The summed E-state index contributed by atoms with van der Waals surface area (Å²) in [6.07, 6.45) is 1.56. The Morgan fingerprint density at radius 2 is 1.38 bits per heavy atom. The molecular formula is C25H25NO8. The number of rotatable bonds is 7. The van der Waals surface area contributed by atoms with E-state index in [2.05, 4.69) is 0 Å². The molecule has 0 spiro atoms. The van der Waals surface area contributed by atoms with E-state index in [0.717, 1.165) is 0 Å². The molecule has 3 rings (SSSR count). The summed E-state index contributed by atoms with van der Waals surface area (Å²) in [5.41, 5.74) is 2.01. The van der Waals surface area contributed by atoms with Crippen LogP contribution in [0.1, 0.15) is 22.8 Å². The second-order valence-corrected chi connectivity index (χ2v) is 7.15. The van der Waals surface area contributed by atoms with Crippen molar-refractivity contribution in [3.05, 3.63) is 64.4 Å². The second-order valence-electron chi connectivity index (χ2n) is 7.15. The van der Waals surface area contributed by atoms with Crippen LogP contribution in [0.3, 0.4) is 0 Å². The van der Waals surface area contributed by atoms with Crippen LogP contribution in [0.2, 0.25) is 0 Å². The fraction of sp³-hybridized carbons (Fsp3) is 0.240. The molecule has 2 aromatic carbocycles. The van der Waals surface area contributed by atoms with Crippen molar-refractivity contribution in [1.82, 2.24) is 0 Å². The molecular weight excluding hydrogens is 442 g/mol. The van der Waals surface area contributed by atoms with Crippen LogP contribution < -0.4 is 19.1 Å². The molecule has 178 valence electrons. The van der Waals surface area contributed by atoms with Crippen molar-refractivity contribution >= 4 is 29.6 Å². The van der Waals surface area contributed by atoms with Crippen molar-refractivity contribution in [3.8, 4) is 17.2 Å². The molecule has 0 N–H and O–H groups in total. The van der Waals surface area contributed by atoms with Gasteiger partial charge in [-0.15, -0.1) is 0 Å². The zero-order valence-corrected chi connectivity index (χ0v) is 19.8. The Hall–Kier alpha value is -4.27. The number of carbonyl (C=O) groups excluding carboxylic acids is 3. The van der Waals surface area contributed by atoms with Gasteiger partial charge in [0.25, 0.3) is 5.91 Å². The SMILES string of the molecule is COC(=O)C1=C(C)N(c2ccc(C(=O)OC)cc2)C(=O)C1=Cc1cc(OC)c(OC)c(OC)c1. The second kappa shape index (κ2) is 10.1. The van der Waals surface area contributed by atoms with Crippen molar-refractivity contribution < 1.29 is 38.1 Å². The van der Waals surface area contributed by atoms with Gasteiger partial charge in [-0.1, -0.05) is 0 Å².